The van der Waals surface area contributed by atoms with Crippen molar-refractivity contribution in [2.24, 2.45) is 5.92 Å². The molecule has 0 bridgehead atoms. The average molecular weight is 562 g/mol. The molecule has 0 saturated carbocycles. The van der Waals surface area contributed by atoms with Crippen LogP contribution >= 0.6 is 0 Å². The molecule has 214 valence electrons. The van der Waals surface area contributed by atoms with Gasteiger partial charge in [-0.1, -0.05) is 60.7 Å². The highest BCUT2D eigenvalue weighted by Gasteiger charge is 2.27. The highest BCUT2D eigenvalue weighted by molar-refractivity contribution is 5.93. The van der Waals surface area contributed by atoms with Gasteiger partial charge in [-0.15, -0.1) is 0 Å². The van der Waals surface area contributed by atoms with Crippen molar-refractivity contribution in [2.45, 2.75) is 38.8 Å². The van der Waals surface area contributed by atoms with E-state index in [4.69, 9.17) is 4.74 Å². The van der Waals surface area contributed by atoms with Crippen LogP contribution in [0.5, 0.6) is 0 Å². The molecule has 0 spiro atoms. The van der Waals surface area contributed by atoms with E-state index in [1.54, 1.807) is 0 Å². The molecule has 1 unspecified atom stereocenters. The molecule has 1 aromatic heterocycles. The maximum Gasteiger partial charge on any atom is 0.310 e. The minimum atomic E-state index is -1.50. The van der Waals surface area contributed by atoms with Gasteiger partial charge in [-0.2, -0.15) is 0 Å². The minimum absolute atomic E-state index is 0.0431. The third kappa shape index (κ3) is 9.88. The fourth-order valence-electron chi connectivity index (χ4n) is 4.16. The van der Waals surface area contributed by atoms with Crippen LogP contribution in [0.3, 0.4) is 0 Å². The standard InChI is InChI=1S/C30H31N3O8/c1-20(34)31-24-13-8-14-33(29(24)39)18-27(36)32-25(17-28(37)38)26(35)19-41-30(40)23(15-21-9-4-2-5-10-21)16-22-11-6-3-7-12-22/h2-14,23,25H,15-19H2,1H3,(H,31,34)(H,32,36)(H,37,38). The van der Waals surface area contributed by atoms with E-state index < -0.39 is 66.6 Å². The number of hydrogen-bond acceptors (Lipinski definition) is 7. The first-order valence-electron chi connectivity index (χ1n) is 12.9. The molecule has 41 heavy (non-hydrogen) atoms. The van der Waals surface area contributed by atoms with Gasteiger partial charge >= 0.3 is 11.9 Å². The smallest absolute Gasteiger partial charge is 0.310 e. The third-order valence-corrected chi connectivity index (χ3v) is 6.09. The number of esters is 1. The van der Waals surface area contributed by atoms with Gasteiger partial charge in [0.1, 0.15) is 18.3 Å². The van der Waals surface area contributed by atoms with E-state index in [0.29, 0.717) is 12.8 Å². The number of amides is 2. The van der Waals surface area contributed by atoms with Crippen molar-refractivity contribution in [3.05, 3.63) is 100 Å². The fraction of sp³-hybridized carbons (Fsp3) is 0.267. The lowest BCUT2D eigenvalue weighted by molar-refractivity contribution is -0.153. The molecule has 1 atom stereocenters. The molecule has 11 heteroatoms. The molecule has 2 amide bonds. The van der Waals surface area contributed by atoms with Crippen molar-refractivity contribution >= 4 is 35.2 Å². The number of anilines is 1. The van der Waals surface area contributed by atoms with Crippen LogP contribution in [-0.4, -0.2) is 51.9 Å². The predicted molar refractivity (Wildman–Crippen MR) is 149 cm³/mol. The topological polar surface area (TPSA) is 161 Å². The number of ether oxygens (including phenoxy) is 1. The SMILES string of the molecule is CC(=O)Nc1cccn(CC(=O)NC(CC(=O)O)C(=O)COC(=O)C(Cc2ccccc2)Cc2ccccc2)c1=O. The molecule has 0 aliphatic carbocycles. The molecular formula is C30H31N3O8. The molecule has 0 aliphatic heterocycles. The Bertz CT molecular complexity index is 1400. The summed E-state index contributed by atoms with van der Waals surface area (Å²) in [6, 6.07) is 20.0. The predicted octanol–water partition coefficient (Wildman–Crippen LogP) is 1.98. The number of rotatable bonds is 14. The maximum atomic E-state index is 13.1. The van der Waals surface area contributed by atoms with Crippen molar-refractivity contribution in [1.29, 1.82) is 0 Å². The van der Waals surface area contributed by atoms with E-state index in [1.165, 1.54) is 25.3 Å². The molecule has 3 N–H and O–H groups in total. The van der Waals surface area contributed by atoms with Gasteiger partial charge < -0.3 is 25.0 Å². The van der Waals surface area contributed by atoms with Gasteiger partial charge in [0.2, 0.25) is 11.8 Å². The van der Waals surface area contributed by atoms with Crippen LogP contribution in [0.15, 0.2) is 83.8 Å². The Morgan fingerprint density at radius 3 is 2.00 bits per heavy atom. The lowest BCUT2D eigenvalue weighted by Crippen LogP contribution is -2.46. The van der Waals surface area contributed by atoms with Crippen molar-refractivity contribution in [3.63, 3.8) is 0 Å². The summed E-state index contributed by atoms with van der Waals surface area (Å²) < 4.78 is 6.32. The number of carboxylic acids is 1. The summed E-state index contributed by atoms with van der Waals surface area (Å²) in [6.45, 7) is -0.0509. The Morgan fingerprint density at radius 1 is 0.878 bits per heavy atom. The molecule has 11 nitrogen and oxygen atoms in total. The summed E-state index contributed by atoms with van der Waals surface area (Å²) in [5.41, 5.74) is 1.12. The van der Waals surface area contributed by atoms with Gasteiger partial charge in [0.15, 0.2) is 12.4 Å². The second kappa shape index (κ2) is 14.9. The number of hydrogen-bond donors (Lipinski definition) is 3. The zero-order valence-electron chi connectivity index (χ0n) is 22.4. The summed E-state index contributed by atoms with van der Waals surface area (Å²) in [4.78, 5) is 73.8. The summed E-state index contributed by atoms with van der Waals surface area (Å²) in [5, 5.41) is 14.0. The van der Waals surface area contributed by atoms with E-state index in [2.05, 4.69) is 10.6 Å². The van der Waals surface area contributed by atoms with E-state index in [0.717, 1.165) is 15.7 Å². The summed E-state index contributed by atoms with van der Waals surface area (Å²) >= 11 is 0. The first-order valence-corrected chi connectivity index (χ1v) is 12.9. The largest absolute Gasteiger partial charge is 0.481 e. The number of nitrogens with zero attached hydrogens (tertiary/aromatic N) is 1. The van der Waals surface area contributed by atoms with Gasteiger partial charge in [0, 0.05) is 13.1 Å². The van der Waals surface area contributed by atoms with Crippen LogP contribution in [0, 0.1) is 5.92 Å². The second-order valence-corrected chi connectivity index (χ2v) is 9.40. The second-order valence-electron chi connectivity index (χ2n) is 9.40. The third-order valence-electron chi connectivity index (χ3n) is 6.09. The van der Waals surface area contributed by atoms with Gasteiger partial charge in [0.25, 0.3) is 5.56 Å². The van der Waals surface area contributed by atoms with Crippen molar-refractivity contribution in [3.8, 4) is 0 Å². The number of aliphatic carboxylic acids is 1. The number of nitrogens with one attached hydrogen (secondary N) is 2. The van der Waals surface area contributed by atoms with Crippen LogP contribution in [0.4, 0.5) is 5.69 Å². The number of pyridine rings is 1. The summed E-state index contributed by atoms with van der Waals surface area (Å²) in [6.07, 6.45) is 1.29. The molecule has 0 fully saturated rings. The van der Waals surface area contributed by atoms with Crippen molar-refractivity contribution < 1.29 is 33.8 Å². The van der Waals surface area contributed by atoms with Crippen LogP contribution in [0.2, 0.25) is 0 Å². The molecule has 0 aliphatic rings. The van der Waals surface area contributed by atoms with Gasteiger partial charge in [-0.3, -0.25) is 28.8 Å². The number of aromatic nitrogens is 1. The maximum absolute atomic E-state index is 13.1. The molecule has 0 saturated heterocycles. The molecule has 1 heterocycles. The number of Topliss-reactive ketones (excluding diaryl/α,β-unsaturated/α-hetero) is 1. The lowest BCUT2D eigenvalue weighted by Gasteiger charge is -2.19. The highest BCUT2D eigenvalue weighted by atomic mass is 16.5. The molecule has 0 radical (unpaired) electrons. The van der Waals surface area contributed by atoms with Crippen LogP contribution < -0.4 is 16.2 Å². The van der Waals surface area contributed by atoms with Crippen LogP contribution in [-0.2, 0) is 48.1 Å². The fourth-order valence-corrected chi connectivity index (χ4v) is 4.16. The molecule has 3 rings (SSSR count). The Hall–Kier alpha value is -5.06. The quantitative estimate of drug-likeness (QED) is 0.252. The van der Waals surface area contributed by atoms with Crippen LogP contribution in [0.1, 0.15) is 24.5 Å². The zero-order valence-corrected chi connectivity index (χ0v) is 22.4. The number of carbonyl (C=O) groups excluding carboxylic acids is 4. The van der Waals surface area contributed by atoms with E-state index in [9.17, 15) is 33.9 Å². The van der Waals surface area contributed by atoms with E-state index in [1.807, 2.05) is 60.7 Å². The van der Waals surface area contributed by atoms with E-state index >= 15 is 0 Å². The molecule has 3 aromatic rings. The van der Waals surface area contributed by atoms with Crippen LogP contribution in [0.25, 0.3) is 0 Å². The van der Waals surface area contributed by atoms with Gasteiger partial charge in [0.05, 0.1) is 12.3 Å². The molecular weight excluding hydrogens is 530 g/mol. The lowest BCUT2D eigenvalue weighted by atomic mass is 9.92. The van der Waals surface area contributed by atoms with Crippen molar-refractivity contribution in [1.82, 2.24) is 9.88 Å². The number of carboxylic acid groups (broad SMARTS) is 1. The number of ketones is 1. The van der Waals surface area contributed by atoms with Gasteiger partial charge in [-0.05, 0) is 36.1 Å². The Morgan fingerprint density at radius 2 is 1.46 bits per heavy atom. The van der Waals surface area contributed by atoms with Crippen molar-refractivity contribution in [2.75, 3.05) is 11.9 Å². The number of benzene rings is 2. The first kappa shape index (κ1) is 30.5. The normalized spacial score (nSPS) is 11.4. The van der Waals surface area contributed by atoms with Gasteiger partial charge in [-0.25, -0.2) is 0 Å². The zero-order chi connectivity index (χ0) is 29.8. The Balaban J connectivity index is 1.66. The molecule has 2 aromatic carbocycles. The first-order chi connectivity index (χ1) is 19.6. The average Bonchev–Trinajstić information content (AvgIpc) is 2.93. The summed E-state index contributed by atoms with van der Waals surface area (Å²) in [7, 11) is 0. The Kier molecular flexibility index (Phi) is 11.1. The minimum Gasteiger partial charge on any atom is -0.481 e. The van der Waals surface area contributed by atoms with E-state index in [-0.39, 0.29) is 5.69 Å². The highest BCUT2D eigenvalue weighted by Crippen LogP contribution is 2.17. The Labute approximate surface area is 236 Å². The monoisotopic (exact) mass is 561 g/mol. The number of carbonyl (C=O) groups is 5. The summed E-state index contributed by atoms with van der Waals surface area (Å²) in [5.74, 6) is -4.70.